The van der Waals surface area contributed by atoms with Gasteiger partial charge in [0.1, 0.15) is 0 Å². The molecule has 3 aromatic rings. The molecule has 7 nitrogen and oxygen atoms in total. The maximum Gasteiger partial charge on any atom is 0.428 e. The highest BCUT2D eigenvalue weighted by molar-refractivity contribution is 5.66. The van der Waals surface area contributed by atoms with Gasteiger partial charge in [-0.2, -0.15) is 4.98 Å². The van der Waals surface area contributed by atoms with Crippen molar-refractivity contribution in [1.82, 2.24) is 20.1 Å². The van der Waals surface area contributed by atoms with Crippen molar-refractivity contribution in [3.8, 4) is 11.4 Å². The van der Waals surface area contributed by atoms with E-state index in [0.29, 0.717) is 31.3 Å². The Labute approximate surface area is 188 Å². The number of aromatic nitrogens is 2. The number of aryl methyl sites for hydroxylation is 1. The van der Waals surface area contributed by atoms with E-state index in [4.69, 9.17) is 9.36 Å². The van der Waals surface area contributed by atoms with Crippen molar-refractivity contribution < 1.29 is 14.2 Å². The van der Waals surface area contributed by atoms with Crippen molar-refractivity contribution in [2.45, 2.75) is 38.5 Å². The van der Waals surface area contributed by atoms with Gasteiger partial charge in [0.25, 0.3) is 0 Å². The van der Waals surface area contributed by atoms with Gasteiger partial charge in [-0.05, 0) is 30.9 Å². The van der Waals surface area contributed by atoms with Gasteiger partial charge in [0, 0.05) is 38.2 Å². The van der Waals surface area contributed by atoms with E-state index in [-0.39, 0.29) is 17.9 Å². The zero-order chi connectivity index (χ0) is 22.5. The van der Waals surface area contributed by atoms with Gasteiger partial charge in [-0.1, -0.05) is 66.7 Å². The molecule has 2 aromatic carbocycles. The van der Waals surface area contributed by atoms with Crippen LogP contribution in [0.15, 0.2) is 59.1 Å². The summed E-state index contributed by atoms with van der Waals surface area (Å²) in [6.07, 6.45) is 1.49. The minimum absolute atomic E-state index is 0.0377. The van der Waals surface area contributed by atoms with E-state index in [1.807, 2.05) is 37.3 Å². The minimum Gasteiger partial charge on any atom is -0.351 e. The number of nitrogens with zero attached hydrogens (tertiary/aromatic N) is 4. The molecule has 0 radical (unpaired) electrons. The molecule has 0 bridgehead atoms. The second-order valence-electron chi connectivity index (χ2n) is 8.27. The molecule has 1 aromatic heterocycles. The summed E-state index contributed by atoms with van der Waals surface area (Å²) < 4.78 is 5.66. The molecule has 0 N–H and O–H groups in total. The van der Waals surface area contributed by atoms with Crippen LogP contribution in [0.5, 0.6) is 0 Å². The van der Waals surface area contributed by atoms with Crippen LogP contribution in [0.25, 0.3) is 11.4 Å². The van der Waals surface area contributed by atoms with Gasteiger partial charge in [-0.25, -0.2) is 4.79 Å². The van der Waals surface area contributed by atoms with Crippen molar-refractivity contribution in [3.05, 3.63) is 71.6 Å². The smallest absolute Gasteiger partial charge is 0.351 e. The largest absolute Gasteiger partial charge is 0.428 e. The van der Waals surface area contributed by atoms with E-state index in [0.717, 1.165) is 18.4 Å². The lowest BCUT2D eigenvalue weighted by molar-refractivity contribution is -0.131. The van der Waals surface area contributed by atoms with Gasteiger partial charge in [0.05, 0.1) is 5.92 Å². The minimum atomic E-state index is -0.358. The SMILES string of the molecule is CCc1ccc(C2CC(c3nc(-c4ccccc4)no3)CN(OC(=O)N(C)CC)C2)cc1. The summed E-state index contributed by atoms with van der Waals surface area (Å²) in [4.78, 5) is 24.3. The van der Waals surface area contributed by atoms with E-state index in [1.165, 1.54) is 11.1 Å². The van der Waals surface area contributed by atoms with Crippen molar-refractivity contribution in [1.29, 1.82) is 0 Å². The Hall–Kier alpha value is -3.19. The van der Waals surface area contributed by atoms with Gasteiger partial charge >= 0.3 is 6.09 Å². The standard InChI is InChI=1S/C25H30N4O3/c1-4-18-11-13-19(14-12-18)21-15-22(17-29(16-21)32-25(30)28(3)5-2)24-26-23(27-31-24)20-9-7-6-8-10-20/h6-14,21-22H,4-5,15-17H2,1-3H3. The fourth-order valence-electron chi connectivity index (χ4n) is 3.99. The predicted octanol–water partition coefficient (Wildman–Crippen LogP) is 4.88. The number of carbonyl (C=O) groups is 1. The predicted molar refractivity (Wildman–Crippen MR) is 122 cm³/mol. The molecule has 4 rings (SSSR count). The number of carbonyl (C=O) groups excluding carboxylic acids is 1. The lowest BCUT2D eigenvalue weighted by Gasteiger charge is -2.35. The fraction of sp³-hybridized carbons (Fsp3) is 0.400. The Kier molecular flexibility index (Phi) is 6.85. The molecule has 1 saturated heterocycles. The Bertz CT molecular complexity index is 1020. The summed E-state index contributed by atoms with van der Waals surface area (Å²) in [6, 6.07) is 18.5. The molecule has 7 heteroatoms. The van der Waals surface area contributed by atoms with Crippen molar-refractivity contribution in [2.75, 3.05) is 26.7 Å². The monoisotopic (exact) mass is 434 g/mol. The number of piperidine rings is 1. The molecule has 1 aliphatic rings. The summed E-state index contributed by atoms with van der Waals surface area (Å²) in [5.74, 6) is 1.30. The number of hydroxylamine groups is 2. The van der Waals surface area contributed by atoms with Crippen LogP contribution in [0.3, 0.4) is 0 Å². The summed E-state index contributed by atoms with van der Waals surface area (Å²) in [7, 11) is 1.73. The Morgan fingerprint density at radius 1 is 1.09 bits per heavy atom. The van der Waals surface area contributed by atoms with E-state index in [2.05, 4.69) is 41.3 Å². The van der Waals surface area contributed by atoms with Crippen LogP contribution in [0.4, 0.5) is 4.79 Å². The first-order valence-electron chi connectivity index (χ1n) is 11.2. The molecule has 0 aliphatic carbocycles. The molecule has 1 fully saturated rings. The average molecular weight is 435 g/mol. The molecule has 0 saturated carbocycles. The van der Waals surface area contributed by atoms with Crippen LogP contribution in [0, 0.1) is 0 Å². The first-order chi connectivity index (χ1) is 15.6. The topological polar surface area (TPSA) is 71.7 Å². The molecular weight excluding hydrogens is 404 g/mol. The lowest BCUT2D eigenvalue weighted by Crippen LogP contribution is -2.42. The Morgan fingerprint density at radius 2 is 1.81 bits per heavy atom. The molecule has 32 heavy (non-hydrogen) atoms. The van der Waals surface area contributed by atoms with Crippen LogP contribution in [-0.4, -0.2) is 52.9 Å². The molecule has 2 heterocycles. The van der Waals surface area contributed by atoms with Gasteiger partial charge in [0.2, 0.25) is 11.7 Å². The Morgan fingerprint density at radius 3 is 2.50 bits per heavy atom. The zero-order valence-electron chi connectivity index (χ0n) is 18.9. The van der Waals surface area contributed by atoms with Crippen LogP contribution >= 0.6 is 0 Å². The molecule has 2 unspecified atom stereocenters. The van der Waals surface area contributed by atoms with E-state index in [1.54, 1.807) is 17.0 Å². The zero-order valence-corrected chi connectivity index (χ0v) is 18.9. The second-order valence-corrected chi connectivity index (χ2v) is 8.27. The molecule has 0 spiro atoms. The molecule has 168 valence electrons. The summed E-state index contributed by atoms with van der Waals surface area (Å²) >= 11 is 0. The van der Waals surface area contributed by atoms with Crippen molar-refractivity contribution in [2.24, 2.45) is 0 Å². The number of hydrogen-bond donors (Lipinski definition) is 0. The average Bonchev–Trinajstić information content (AvgIpc) is 3.34. The maximum absolute atomic E-state index is 12.4. The van der Waals surface area contributed by atoms with Gasteiger partial charge in [0.15, 0.2) is 0 Å². The highest BCUT2D eigenvalue weighted by Crippen LogP contribution is 2.36. The molecular formula is C25H30N4O3. The summed E-state index contributed by atoms with van der Waals surface area (Å²) in [5.41, 5.74) is 3.44. The summed E-state index contributed by atoms with van der Waals surface area (Å²) in [5, 5.41) is 5.93. The van der Waals surface area contributed by atoms with Gasteiger partial charge in [-0.15, -0.1) is 5.06 Å². The summed E-state index contributed by atoms with van der Waals surface area (Å²) in [6.45, 7) is 5.80. The van der Waals surface area contributed by atoms with Crippen LogP contribution in [0.2, 0.25) is 0 Å². The highest BCUT2D eigenvalue weighted by Gasteiger charge is 2.35. The van der Waals surface area contributed by atoms with Crippen LogP contribution < -0.4 is 0 Å². The first kappa shape index (κ1) is 22.0. The quantitative estimate of drug-likeness (QED) is 0.551. The molecule has 1 aliphatic heterocycles. The van der Waals surface area contributed by atoms with Gasteiger partial charge in [-0.3, -0.25) is 0 Å². The third-order valence-corrected chi connectivity index (χ3v) is 6.09. The fourth-order valence-corrected chi connectivity index (χ4v) is 3.99. The highest BCUT2D eigenvalue weighted by atomic mass is 16.7. The van der Waals surface area contributed by atoms with Gasteiger partial charge < -0.3 is 14.3 Å². The lowest BCUT2D eigenvalue weighted by atomic mass is 9.85. The number of amides is 1. The molecule has 2 atom stereocenters. The van der Waals surface area contributed by atoms with Crippen molar-refractivity contribution >= 4 is 6.09 Å². The van der Waals surface area contributed by atoms with E-state index < -0.39 is 0 Å². The third kappa shape index (κ3) is 4.99. The van der Waals surface area contributed by atoms with Crippen molar-refractivity contribution in [3.63, 3.8) is 0 Å². The third-order valence-electron chi connectivity index (χ3n) is 6.09. The van der Waals surface area contributed by atoms with E-state index in [9.17, 15) is 4.79 Å². The number of hydrogen-bond acceptors (Lipinski definition) is 6. The second kappa shape index (κ2) is 9.96. The maximum atomic E-state index is 12.4. The first-order valence-corrected chi connectivity index (χ1v) is 11.2. The van der Waals surface area contributed by atoms with Crippen LogP contribution in [0.1, 0.15) is 49.1 Å². The number of rotatable bonds is 6. The number of benzene rings is 2. The van der Waals surface area contributed by atoms with Crippen LogP contribution in [-0.2, 0) is 11.3 Å². The molecule has 1 amide bonds. The Balaban J connectivity index is 1.57. The van der Waals surface area contributed by atoms with E-state index >= 15 is 0 Å². The normalized spacial score (nSPS) is 19.0.